The lowest BCUT2D eigenvalue weighted by molar-refractivity contribution is -0.122. The smallest absolute Gasteiger partial charge is 0.341 e. The van der Waals surface area contributed by atoms with Crippen LogP contribution in [0.4, 0.5) is 10.1 Å². The van der Waals surface area contributed by atoms with Crippen LogP contribution in [0.5, 0.6) is 0 Å². The Morgan fingerprint density at radius 3 is 2.57 bits per heavy atom. The van der Waals surface area contributed by atoms with E-state index in [9.17, 15) is 19.5 Å². The molecule has 0 atom stereocenters. The standard InChI is InChI=1S/C26H25ClFN5O4/c27-20-4-2-1-3-16(20)13-29-30-24(34)15-31-7-9-32(10-8-31)23-12-22-18(11-21(23)28)25(35)19(26(36)37)14-33(22)17-5-6-17/h1-4,11-14,17H,5-10,15H2,(H,30,34)(H,36,37)/b29-13+. The number of piperazine rings is 1. The maximum atomic E-state index is 15.1. The second-order valence-electron chi connectivity index (χ2n) is 9.21. The van der Waals surface area contributed by atoms with Crippen molar-refractivity contribution in [1.82, 2.24) is 14.9 Å². The molecule has 5 rings (SSSR count). The van der Waals surface area contributed by atoms with Crippen LogP contribution in [0.2, 0.25) is 5.02 Å². The Labute approximate surface area is 216 Å². The second-order valence-corrected chi connectivity index (χ2v) is 9.62. The molecule has 1 saturated heterocycles. The topological polar surface area (TPSA) is 107 Å². The predicted octanol–water partition coefficient (Wildman–Crippen LogP) is 3.10. The minimum absolute atomic E-state index is 0.0701. The van der Waals surface area contributed by atoms with Gasteiger partial charge in [-0.15, -0.1) is 0 Å². The van der Waals surface area contributed by atoms with E-state index in [1.54, 1.807) is 22.8 Å². The number of aromatic nitrogens is 1. The number of fused-ring (bicyclic) bond motifs is 1. The van der Waals surface area contributed by atoms with Gasteiger partial charge in [0.15, 0.2) is 0 Å². The van der Waals surface area contributed by atoms with E-state index in [0.29, 0.717) is 48.0 Å². The number of benzene rings is 2. The maximum Gasteiger partial charge on any atom is 0.341 e. The fourth-order valence-electron chi connectivity index (χ4n) is 4.55. The van der Waals surface area contributed by atoms with E-state index in [-0.39, 0.29) is 29.4 Å². The van der Waals surface area contributed by atoms with E-state index in [0.717, 1.165) is 18.9 Å². The summed E-state index contributed by atoms with van der Waals surface area (Å²) in [6.45, 7) is 2.19. The zero-order valence-electron chi connectivity index (χ0n) is 19.9. The number of amides is 1. The van der Waals surface area contributed by atoms with Gasteiger partial charge in [0.25, 0.3) is 5.91 Å². The van der Waals surface area contributed by atoms with Gasteiger partial charge in [-0.2, -0.15) is 5.10 Å². The minimum atomic E-state index is -1.32. The number of hydrogen-bond donors (Lipinski definition) is 2. The molecule has 1 aliphatic carbocycles. The van der Waals surface area contributed by atoms with Crippen LogP contribution in [0.25, 0.3) is 10.9 Å². The number of rotatable bonds is 7. The zero-order valence-corrected chi connectivity index (χ0v) is 20.6. The average molecular weight is 526 g/mol. The third-order valence-corrected chi connectivity index (χ3v) is 6.99. The quantitative estimate of drug-likeness (QED) is 0.362. The van der Waals surface area contributed by atoms with Crippen molar-refractivity contribution in [3.05, 3.63) is 74.8 Å². The molecule has 0 spiro atoms. The molecule has 1 aromatic heterocycles. The summed E-state index contributed by atoms with van der Waals surface area (Å²) < 4.78 is 16.9. The van der Waals surface area contributed by atoms with Crippen molar-refractivity contribution in [2.45, 2.75) is 18.9 Å². The molecule has 2 aromatic carbocycles. The van der Waals surface area contributed by atoms with E-state index in [1.165, 1.54) is 12.4 Å². The molecule has 0 radical (unpaired) electrons. The van der Waals surface area contributed by atoms with Crippen molar-refractivity contribution in [3.63, 3.8) is 0 Å². The first-order valence-corrected chi connectivity index (χ1v) is 12.3. The highest BCUT2D eigenvalue weighted by atomic mass is 35.5. The minimum Gasteiger partial charge on any atom is -0.477 e. The number of anilines is 1. The van der Waals surface area contributed by atoms with Gasteiger partial charge < -0.3 is 14.6 Å². The van der Waals surface area contributed by atoms with Crippen LogP contribution in [-0.2, 0) is 4.79 Å². The molecule has 1 saturated carbocycles. The Hall–Kier alpha value is -3.76. The van der Waals surface area contributed by atoms with Gasteiger partial charge in [0.2, 0.25) is 5.43 Å². The lowest BCUT2D eigenvalue weighted by Gasteiger charge is -2.36. The number of carbonyl (C=O) groups is 2. The number of nitrogens with zero attached hydrogens (tertiary/aromatic N) is 4. The largest absolute Gasteiger partial charge is 0.477 e. The first-order valence-electron chi connectivity index (χ1n) is 12.0. The molecule has 37 heavy (non-hydrogen) atoms. The maximum absolute atomic E-state index is 15.1. The summed E-state index contributed by atoms with van der Waals surface area (Å²) in [5.74, 6) is -2.16. The van der Waals surface area contributed by atoms with Gasteiger partial charge in [-0.1, -0.05) is 29.8 Å². The van der Waals surface area contributed by atoms with E-state index in [2.05, 4.69) is 10.5 Å². The number of hydrazone groups is 1. The normalized spacial score (nSPS) is 16.4. The summed E-state index contributed by atoms with van der Waals surface area (Å²) in [7, 11) is 0. The summed E-state index contributed by atoms with van der Waals surface area (Å²) >= 11 is 6.07. The molecule has 0 unspecified atom stereocenters. The van der Waals surface area contributed by atoms with Crippen molar-refractivity contribution in [2.75, 3.05) is 37.6 Å². The Morgan fingerprint density at radius 2 is 1.89 bits per heavy atom. The highest BCUT2D eigenvalue weighted by Crippen LogP contribution is 2.38. The van der Waals surface area contributed by atoms with Crippen molar-refractivity contribution in [2.24, 2.45) is 5.10 Å². The number of carbonyl (C=O) groups excluding carboxylic acids is 1. The van der Waals surface area contributed by atoms with Crippen LogP contribution in [0.15, 0.2) is 52.5 Å². The molecule has 0 bridgehead atoms. The van der Waals surface area contributed by atoms with Gasteiger partial charge in [-0.25, -0.2) is 14.6 Å². The first kappa shape index (κ1) is 24.9. The van der Waals surface area contributed by atoms with Crippen LogP contribution >= 0.6 is 11.6 Å². The average Bonchev–Trinajstić information content (AvgIpc) is 3.71. The van der Waals surface area contributed by atoms with Gasteiger partial charge in [0.1, 0.15) is 11.4 Å². The third-order valence-electron chi connectivity index (χ3n) is 6.65. The molecular weight excluding hydrogens is 501 g/mol. The van der Waals surface area contributed by atoms with E-state index >= 15 is 4.39 Å². The molecule has 2 N–H and O–H groups in total. The number of carboxylic acid groups (broad SMARTS) is 1. The number of halogens is 2. The molecule has 192 valence electrons. The van der Waals surface area contributed by atoms with Gasteiger partial charge in [-0.05, 0) is 31.0 Å². The van der Waals surface area contributed by atoms with Gasteiger partial charge in [0.05, 0.1) is 24.0 Å². The highest BCUT2D eigenvalue weighted by Gasteiger charge is 2.28. The summed E-state index contributed by atoms with van der Waals surface area (Å²) in [5, 5.41) is 14.0. The molecule has 11 heteroatoms. The van der Waals surface area contributed by atoms with E-state index in [1.807, 2.05) is 21.9 Å². The number of hydrogen-bond acceptors (Lipinski definition) is 6. The van der Waals surface area contributed by atoms with Crippen LogP contribution in [0, 0.1) is 5.82 Å². The zero-order chi connectivity index (χ0) is 26.1. The fraction of sp³-hybridized carbons (Fsp3) is 0.308. The molecule has 3 aromatic rings. The van der Waals surface area contributed by atoms with Gasteiger partial charge >= 0.3 is 5.97 Å². The van der Waals surface area contributed by atoms with Crippen LogP contribution < -0.4 is 15.8 Å². The molecule has 9 nitrogen and oxygen atoms in total. The number of pyridine rings is 1. The van der Waals surface area contributed by atoms with Crippen LogP contribution in [0.3, 0.4) is 0 Å². The summed E-state index contributed by atoms with van der Waals surface area (Å²) in [6, 6.07) is 10.1. The second kappa shape index (κ2) is 10.3. The first-order chi connectivity index (χ1) is 17.8. The predicted molar refractivity (Wildman–Crippen MR) is 139 cm³/mol. The van der Waals surface area contributed by atoms with Gasteiger partial charge in [-0.3, -0.25) is 14.5 Å². The highest BCUT2D eigenvalue weighted by molar-refractivity contribution is 6.33. The van der Waals surface area contributed by atoms with Crippen LogP contribution in [0.1, 0.15) is 34.8 Å². The Balaban J connectivity index is 1.26. The monoisotopic (exact) mass is 525 g/mol. The summed E-state index contributed by atoms with van der Waals surface area (Å²) in [4.78, 5) is 40.4. The Kier molecular flexibility index (Phi) is 6.94. The van der Waals surface area contributed by atoms with Crippen LogP contribution in [-0.4, -0.2) is 65.4 Å². The number of nitrogens with one attached hydrogen (secondary N) is 1. The fourth-order valence-corrected chi connectivity index (χ4v) is 4.73. The van der Waals surface area contributed by atoms with Crippen molar-refractivity contribution in [3.8, 4) is 0 Å². The van der Waals surface area contributed by atoms with Gasteiger partial charge in [0, 0.05) is 54.4 Å². The lowest BCUT2D eigenvalue weighted by atomic mass is 10.1. The summed E-state index contributed by atoms with van der Waals surface area (Å²) in [5.41, 5.74) is 3.06. The molecule has 2 aliphatic rings. The molecule has 2 heterocycles. The molecule has 1 aliphatic heterocycles. The molecule has 1 amide bonds. The van der Waals surface area contributed by atoms with Crippen molar-refractivity contribution < 1.29 is 19.1 Å². The SMILES string of the molecule is O=C(CN1CCN(c2cc3c(cc2F)c(=O)c(C(=O)O)cn3C2CC2)CC1)N/N=C/c1ccccc1Cl. The van der Waals surface area contributed by atoms with Crippen molar-refractivity contribution >= 4 is 46.3 Å². The van der Waals surface area contributed by atoms with E-state index < -0.39 is 17.2 Å². The number of carboxylic acids is 1. The summed E-state index contributed by atoms with van der Waals surface area (Å²) in [6.07, 6.45) is 4.62. The Morgan fingerprint density at radius 1 is 1.16 bits per heavy atom. The lowest BCUT2D eigenvalue weighted by Crippen LogP contribution is -2.49. The number of aromatic carboxylic acids is 1. The molecule has 2 fully saturated rings. The Bertz CT molecular complexity index is 1460. The molecular formula is C26H25ClFN5O4. The van der Waals surface area contributed by atoms with E-state index in [4.69, 9.17) is 11.6 Å². The third kappa shape index (κ3) is 5.35. The van der Waals surface area contributed by atoms with Crippen molar-refractivity contribution in [1.29, 1.82) is 0 Å².